The van der Waals surface area contributed by atoms with Crippen molar-refractivity contribution in [3.8, 4) is 73.2 Å². The van der Waals surface area contributed by atoms with Gasteiger partial charge < -0.3 is 10.0 Å². The summed E-state index contributed by atoms with van der Waals surface area (Å²) in [5.41, 5.74) is 12.6. The van der Waals surface area contributed by atoms with Crippen LogP contribution in [0.3, 0.4) is 0 Å². The molecule has 4 heterocycles. The molecule has 0 saturated carbocycles. The van der Waals surface area contributed by atoms with E-state index in [9.17, 15) is 10.5 Å². The molecule has 0 aliphatic rings. The van der Waals surface area contributed by atoms with Crippen LogP contribution in [0.1, 0.15) is 16.7 Å². The van der Waals surface area contributed by atoms with Crippen LogP contribution in [0, 0.1) is 40.6 Å². The van der Waals surface area contributed by atoms with Gasteiger partial charge in [-0.3, -0.25) is 0 Å². The zero-order chi connectivity index (χ0) is 101. The van der Waals surface area contributed by atoms with Gasteiger partial charge in [-0.1, -0.05) is 491 Å². The summed E-state index contributed by atoms with van der Waals surface area (Å²) in [5, 5.41) is 71.4. The summed E-state index contributed by atoms with van der Waals surface area (Å²) in [6.45, 7) is 6.71. The van der Waals surface area contributed by atoms with E-state index in [0.29, 0.717) is 11.1 Å². The molecular weight excluding hydrogens is 2120 g/mol. The maximum absolute atomic E-state index is 9.50. The first kappa shape index (κ1) is 105. The number of nitrogens with zero attached hydrogens (tertiary/aromatic N) is 4. The molecule has 0 aliphatic heterocycles. The molecule has 0 aliphatic carbocycles. The Morgan fingerprint density at radius 1 is 0.242 bits per heavy atom. The molecule has 2 N–H and O–H groups in total. The number of nitriles is 3. The van der Waals surface area contributed by atoms with E-state index in [0.717, 1.165) is 10.4 Å². The van der Waals surface area contributed by atoms with Crippen LogP contribution in [0.5, 0.6) is 0 Å². The zero-order valence-corrected chi connectivity index (χ0v) is 90.5. The van der Waals surface area contributed by atoms with Gasteiger partial charge in [-0.2, -0.15) is 15.8 Å². The van der Waals surface area contributed by atoms with Crippen LogP contribution in [0.4, 0.5) is 5.69 Å². The Labute approximate surface area is 914 Å². The van der Waals surface area contributed by atoms with Crippen molar-refractivity contribution in [3.63, 3.8) is 0 Å². The van der Waals surface area contributed by atoms with Gasteiger partial charge in [-0.25, -0.2) is 4.85 Å². The molecule has 4 aromatic heterocycles. The molecule has 0 saturated heterocycles. The van der Waals surface area contributed by atoms with E-state index in [1.807, 2.05) is 53.0 Å². The second kappa shape index (κ2) is 53.6. The number of fused-ring (bicyclic) bond motifs is 4. The van der Waals surface area contributed by atoms with E-state index in [4.69, 9.17) is 21.9 Å². The zero-order valence-electron chi connectivity index (χ0n) is 80.5. The predicted molar refractivity (Wildman–Crippen MR) is 647 cm³/mol. The van der Waals surface area contributed by atoms with Crippen molar-refractivity contribution < 1.29 is 30.5 Å². The normalized spacial score (nSPS) is 10.5. The van der Waals surface area contributed by atoms with E-state index in [1.165, 1.54) is 170 Å². The SMILES string of the molecule is Brc1cc2c(-c3ccccc3)c3sccc3c(-c3ccccc3)c2s1.N#Cc1cc(C#N)cc(-c2cc3c(-c4ccccc4)c4sccc4c(-c4ccccc4)c3s2)c1.[C-]#[N+]c1cc(C#N)cc(B(O)O)c1.[Pd].c1ccc(P(c2ccccc2)c2ccccc2)cc1.c1ccc(P(c2ccccc2)c2ccccc2)cc1.c1ccc(P(c2ccccc2)c2ccccc2)cc1.c1ccc(P(c2ccccc2)c2ccccc2)cc1. The minimum Gasteiger partial charge on any atom is -0.423 e. The number of hydrogen-bond acceptors (Lipinski definition) is 9. The van der Waals surface area contributed by atoms with Crippen molar-refractivity contribution in [1.82, 2.24) is 0 Å². The Hall–Kier alpha value is -15.0. The largest absolute Gasteiger partial charge is 0.487 e. The predicted octanol–water partition coefficient (Wildman–Crippen LogP) is 30.6. The standard InChI is InChI=1S/C30H16N2S2.C22H13BrS2.4C18H15P.C8H5BN2O2.Pd/c31-17-19-13-20(18-32)15-23(14-19)26-16-25-28(22-9-5-2-6-10-22)29-24(11-12-33-29)27(30(25)34-26)21-7-3-1-4-8-21;23-18-13-17-20(15-9-5-2-6-10-15)21-16(11-12-24-21)19(22(17)25-18)14-7-3-1-4-8-14;4*1-4-10-16(11-5-1)19(17-12-6-2-7-13-17)18-14-8-3-9-15-18;1-11-8-3-6(5-10)2-7(4-8)9(12)13;/h1-16H;1-13H;4*1-15H;2-4,12-13H;. The van der Waals surface area contributed by atoms with Gasteiger partial charge in [0.1, 0.15) is 0 Å². The van der Waals surface area contributed by atoms with E-state index in [2.05, 4.69) is 541 Å². The van der Waals surface area contributed by atoms with Gasteiger partial charge in [0, 0.05) is 93.5 Å². The molecule has 149 heavy (non-hydrogen) atoms. The van der Waals surface area contributed by atoms with Gasteiger partial charge in [-0.05, 0) is 210 Å². The first-order chi connectivity index (χ1) is 73.1. The topological polar surface area (TPSA) is 116 Å². The average Bonchev–Trinajstić information content (AvgIpc) is 1.58. The van der Waals surface area contributed by atoms with E-state index in [1.54, 1.807) is 28.7 Å². The second-order valence-corrected chi connectivity index (χ2v) is 47.9. The van der Waals surface area contributed by atoms with Crippen molar-refractivity contribution >= 4 is 215 Å². The first-order valence-corrected chi connectivity index (χ1v) is 57.5. The Morgan fingerprint density at radius 3 is 0.698 bits per heavy atom. The molecule has 0 bridgehead atoms. The molecule has 0 radical (unpaired) electrons. The Bertz CT molecular complexity index is 7500. The van der Waals surface area contributed by atoms with Crippen LogP contribution in [0.15, 0.2) is 561 Å². The molecule has 718 valence electrons. The fourth-order valence-electron chi connectivity index (χ4n) is 17.6. The van der Waals surface area contributed by atoms with Crippen LogP contribution >= 0.6 is 93.0 Å². The van der Waals surface area contributed by atoms with E-state index < -0.39 is 38.8 Å². The first-order valence-electron chi connectivity index (χ1n) is 47.9. The Balaban J connectivity index is 0.000000121. The summed E-state index contributed by atoms with van der Waals surface area (Å²) >= 11 is 10.9. The maximum atomic E-state index is 9.50. The number of rotatable bonds is 18. The third kappa shape index (κ3) is 26.6. The van der Waals surface area contributed by atoms with Crippen LogP contribution < -0.4 is 69.1 Å². The van der Waals surface area contributed by atoms with Crippen molar-refractivity contribution in [3.05, 3.63) is 589 Å². The van der Waals surface area contributed by atoms with Gasteiger partial charge in [0.2, 0.25) is 0 Å². The van der Waals surface area contributed by atoms with Crippen molar-refractivity contribution in [2.24, 2.45) is 0 Å². The molecule has 24 rings (SSSR count). The fourth-order valence-corrected chi connectivity index (χ4v) is 31.7. The summed E-state index contributed by atoms with van der Waals surface area (Å²) in [4.78, 5) is 4.15. The molecule has 0 spiro atoms. The minimum absolute atomic E-state index is 0. The van der Waals surface area contributed by atoms with E-state index >= 15 is 0 Å². The summed E-state index contributed by atoms with van der Waals surface area (Å²) in [6.07, 6.45) is 0. The molecular formula is C132H94BBrN4O2P4PdS4. The molecule has 20 aromatic carbocycles. The number of halogens is 1. The third-order valence-corrected chi connectivity index (χ3v) is 38.6. The van der Waals surface area contributed by atoms with Crippen LogP contribution in [-0.4, -0.2) is 17.2 Å². The molecule has 6 nitrogen and oxygen atoms in total. The summed E-state index contributed by atoms with van der Waals surface area (Å²) in [6, 6.07) is 196. The quantitative estimate of drug-likeness (QED) is 0.0504. The van der Waals surface area contributed by atoms with Gasteiger partial charge >= 0.3 is 7.12 Å². The van der Waals surface area contributed by atoms with Crippen LogP contribution in [-0.2, 0) is 20.4 Å². The monoisotopic (exact) mass is 2210 g/mol. The molecule has 17 heteroatoms. The molecule has 0 atom stereocenters. The molecule has 0 unspecified atom stereocenters. The summed E-state index contributed by atoms with van der Waals surface area (Å²) < 4.78 is 6.37. The van der Waals surface area contributed by atoms with Gasteiger partial charge in [0.05, 0.1) is 39.7 Å². The molecule has 0 fully saturated rings. The third-order valence-electron chi connectivity index (χ3n) is 24.1. The molecule has 24 aromatic rings. The smallest absolute Gasteiger partial charge is 0.423 e. The van der Waals surface area contributed by atoms with Gasteiger partial charge in [-0.15, -0.1) is 45.3 Å². The summed E-state index contributed by atoms with van der Waals surface area (Å²) in [5.74, 6) is 0. The second-order valence-electron chi connectivity index (χ2n) is 33.7. The number of hydrogen-bond donors (Lipinski definition) is 2. The van der Waals surface area contributed by atoms with Crippen LogP contribution in [0.25, 0.3) is 100 Å². The van der Waals surface area contributed by atoms with E-state index in [-0.39, 0.29) is 37.1 Å². The number of benzene rings is 20. The van der Waals surface area contributed by atoms with Crippen molar-refractivity contribution in [2.45, 2.75) is 0 Å². The minimum atomic E-state index is -1.64. The van der Waals surface area contributed by atoms with Crippen molar-refractivity contribution in [2.75, 3.05) is 0 Å². The maximum Gasteiger partial charge on any atom is 0.487 e. The van der Waals surface area contributed by atoms with Crippen LogP contribution in [0.2, 0.25) is 0 Å². The Morgan fingerprint density at radius 2 is 0.463 bits per heavy atom. The average molecular weight is 2220 g/mol. The number of thiophene rings is 4. The van der Waals surface area contributed by atoms with Gasteiger partial charge in [0.15, 0.2) is 5.69 Å². The molecule has 0 amide bonds. The fraction of sp³-hybridized carbons (Fsp3) is 0. The van der Waals surface area contributed by atoms with Gasteiger partial charge in [0.25, 0.3) is 0 Å². The van der Waals surface area contributed by atoms with Crippen molar-refractivity contribution in [1.29, 1.82) is 15.8 Å². The summed E-state index contributed by atoms with van der Waals surface area (Å²) in [7, 11) is -3.43. The Kier molecular flexibility index (Phi) is 37.9.